The molecule has 1 fully saturated rings. The molecule has 6 nitrogen and oxygen atoms in total. The molecule has 23 heavy (non-hydrogen) atoms. The van der Waals surface area contributed by atoms with E-state index in [1.54, 1.807) is 4.52 Å². The Morgan fingerprint density at radius 1 is 1.30 bits per heavy atom. The van der Waals surface area contributed by atoms with Crippen molar-refractivity contribution in [3.63, 3.8) is 0 Å². The SMILES string of the molecule is Cc1cc(C)n2nc(SCC(=O)NC3CCC(C)CC3)nc2n1. The number of nitrogens with one attached hydrogen (secondary N) is 1. The molecule has 2 heterocycles. The first-order valence-electron chi connectivity index (χ1n) is 8.14. The van der Waals surface area contributed by atoms with Crippen LogP contribution in [0, 0.1) is 19.8 Å². The van der Waals surface area contributed by atoms with E-state index in [-0.39, 0.29) is 5.91 Å². The molecule has 0 unspecified atom stereocenters. The zero-order valence-corrected chi connectivity index (χ0v) is 14.7. The lowest BCUT2D eigenvalue weighted by Gasteiger charge is -2.26. The number of carbonyl (C=O) groups excluding carboxylic acids is 1. The summed E-state index contributed by atoms with van der Waals surface area (Å²) >= 11 is 1.36. The summed E-state index contributed by atoms with van der Waals surface area (Å²) in [7, 11) is 0. The third kappa shape index (κ3) is 4.02. The standard InChI is InChI=1S/C16H23N5OS/c1-10-4-6-13(7-5-10)18-14(22)9-23-16-19-15-17-11(2)8-12(3)21(15)20-16/h8,10,13H,4-7,9H2,1-3H3,(H,18,22). The minimum Gasteiger partial charge on any atom is -0.353 e. The quantitative estimate of drug-likeness (QED) is 0.871. The number of rotatable bonds is 4. The van der Waals surface area contributed by atoms with E-state index in [1.807, 2.05) is 19.9 Å². The van der Waals surface area contributed by atoms with Crippen LogP contribution >= 0.6 is 11.8 Å². The fourth-order valence-corrected chi connectivity index (χ4v) is 3.64. The van der Waals surface area contributed by atoms with E-state index in [4.69, 9.17) is 0 Å². The Labute approximate surface area is 140 Å². The van der Waals surface area contributed by atoms with Crippen molar-refractivity contribution in [2.24, 2.45) is 5.92 Å². The Balaban J connectivity index is 1.55. The van der Waals surface area contributed by atoms with Gasteiger partial charge >= 0.3 is 0 Å². The molecular formula is C16H23N5OS. The number of nitrogens with zero attached hydrogens (tertiary/aromatic N) is 4. The molecule has 0 spiro atoms. The third-order valence-corrected chi connectivity index (χ3v) is 5.15. The summed E-state index contributed by atoms with van der Waals surface area (Å²) in [6, 6.07) is 2.30. The van der Waals surface area contributed by atoms with Gasteiger partial charge in [-0.2, -0.15) is 4.98 Å². The molecule has 2 aromatic rings. The number of hydrogen-bond donors (Lipinski definition) is 1. The van der Waals surface area contributed by atoms with Gasteiger partial charge in [0.1, 0.15) is 0 Å². The largest absolute Gasteiger partial charge is 0.353 e. The van der Waals surface area contributed by atoms with Crippen LogP contribution < -0.4 is 5.32 Å². The van der Waals surface area contributed by atoms with Gasteiger partial charge in [0, 0.05) is 17.4 Å². The van der Waals surface area contributed by atoms with E-state index in [9.17, 15) is 4.79 Å². The van der Waals surface area contributed by atoms with Crippen molar-refractivity contribution >= 4 is 23.4 Å². The van der Waals surface area contributed by atoms with Crippen molar-refractivity contribution in [3.8, 4) is 0 Å². The highest BCUT2D eigenvalue weighted by molar-refractivity contribution is 7.99. The van der Waals surface area contributed by atoms with Gasteiger partial charge in [0.15, 0.2) is 0 Å². The zero-order valence-electron chi connectivity index (χ0n) is 13.9. The van der Waals surface area contributed by atoms with Crippen LogP contribution in [0.3, 0.4) is 0 Å². The van der Waals surface area contributed by atoms with Gasteiger partial charge < -0.3 is 5.32 Å². The predicted octanol–water partition coefficient (Wildman–Crippen LogP) is 2.53. The molecule has 0 aliphatic heterocycles. The zero-order chi connectivity index (χ0) is 16.4. The number of amides is 1. The van der Waals surface area contributed by atoms with Crippen LogP contribution in [-0.4, -0.2) is 37.3 Å². The molecule has 1 aliphatic carbocycles. The summed E-state index contributed by atoms with van der Waals surface area (Å²) < 4.78 is 1.72. The topological polar surface area (TPSA) is 72.2 Å². The Morgan fingerprint density at radius 3 is 2.78 bits per heavy atom. The maximum absolute atomic E-state index is 12.1. The molecule has 2 aromatic heterocycles. The Kier molecular flexibility index (Phi) is 4.84. The van der Waals surface area contributed by atoms with Gasteiger partial charge in [0.05, 0.1) is 5.75 Å². The fourth-order valence-electron chi connectivity index (χ4n) is 3.01. The average Bonchev–Trinajstić information content (AvgIpc) is 2.91. The van der Waals surface area contributed by atoms with Gasteiger partial charge in [-0.15, -0.1) is 5.10 Å². The minimum absolute atomic E-state index is 0.0641. The number of carbonyl (C=O) groups is 1. The van der Waals surface area contributed by atoms with E-state index >= 15 is 0 Å². The molecule has 1 N–H and O–H groups in total. The molecule has 0 bridgehead atoms. The van der Waals surface area contributed by atoms with Crippen molar-refractivity contribution in [1.29, 1.82) is 0 Å². The van der Waals surface area contributed by atoms with Crippen LogP contribution in [0.4, 0.5) is 0 Å². The molecule has 0 aromatic carbocycles. The molecule has 124 valence electrons. The van der Waals surface area contributed by atoms with E-state index < -0.39 is 0 Å². The van der Waals surface area contributed by atoms with Crippen molar-refractivity contribution in [2.45, 2.75) is 57.7 Å². The molecule has 0 radical (unpaired) electrons. The molecule has 1 aliphatic rings. The van der Waals surface area contributed by atoms with Crippen molar-refractivity contribution in [1.82, 2.24) is 24.9 Å². The second-order valence-corrected chi connectivity index (χ2v) is 7.40. The first-order valence-corrected chi connectivity index (χ1v) is 9.13. The summed E-state index contributed by atoms with van der Waals surface area (Å²) in [6.45, 7) is 6.19. The van der Waals surface area contributed by atoms with Gasteiger partial charge in [0.2, 0.25) is 11.1 Å². The third-order valence-electron chi connectivity index (χ3n) is 4.31. The monoisotopic (exact) mass is 333 g/mol. The van der Waals surface area contributed by atoms with Crippen LogP contribution in [0.1, 0.15) is 44.0 Å². The lowest BCUT2D eigenvalue weighted by atomic mass is 9.87. The smallest absolute Gasteiger partial charge is 0.253 e. The highest BCUT2D eigenvalue weighted by Gasteiger charge is 2.20. The van der Waals surface area contributed by atoms with E-state index in [2.05, 4.69) is 27.3 Å². The summed E-state index contributed by atoms with van der Waals surface area (Å²) in [5, 5.41) is 8.13. The fraction of sp³-hybridized carbons (Fsp3) is 0.625. The van der Waals surface area contributed by atoms with Gasteiger partial charge in [-0.25, -0.2) is 9.50 Å². The van der Waals surface area contributed by atoms with Crippen LogP contribution in [0.2, 0.25) is 0 Å². The molecule has 7 heteroatoms. The lowest BCUT2D eigenvalue weighted by Crippen LogP contribution is -2.38. The molecule has 1 saturated carbocycles. The molecule has 0 saturated heterocycles. The number of hydrogen-bond acceptors (Lipinski definition) is 5. The van der Waals surface area contributed by atoms with Crippen LogP contribution in [0.25, 0.3) is 5.78 Å². The van der Waals surface area contributed by atoms with Gasteiger partial charge in [-0.05, 0) is 51.5 Å². The summed E-state index contributed by atoms with van der Waals surface area (Å²) in [6.07, 6.45) is 4.59. The minimum atomic E-state index is 0.0641. The summed E-state index contributed by atoms with van der Waals surface area (Å²) in [5.41, 5.74) is 1.91. The first-order chi connectivity index (χ1) is 11.0. The molecular weight excluding hydrogens is 310 g/mol. The molecule has 1 amide bonds. The first kappa shape index (κ1) is 16.2. The van der Waals surface area contributed by atoms with Gasteiger partial charge in [-0.3, -0.25) is 4.79 Å². The maximum Gasteiger partial charge on any atom is 0.253 e. The second-order valence-electron chi connectivity index (χ2n) is 6.46. The average molecular weight is 333 g/mol. The highest BCUT2D eigenvalue weighted by Crippen LogP contribution is 2.23. The van der Waals surface area contributed by atoms with Crippen LogP contribution in [-0.2, 0) is 4.79 Å². The Morgan fingerprint density at radius 2 is 2.04 bits per heavy atom. The summed E-state index contributed by atoms with van der Waals surface area (Å²) in [5.74, 6) is 1.79. The van der Waals surface area contributed by atoms with Crippen molar-refractivity contribution in [3.05, 3.63) is 17.5 Å². The lowest BCUT2D eigenvalue weighted by molar-refractivity contribution is -0.119. The molecule has 0 atom stereocenters. The van der Waals surface area contributed by atoms with Gasteiger partial charge in [0.25, 0.3) is 5.78 Å². The second kappa shape index (κ2) is 6.86. The summed E-state index contributed by atoms with van der Waals surface area (Å²) in [4.78, 5) is 20.8. The van der Waals surface area contributed by atoms with Crippen molar-refractivity contribution in [2.75, 3.05) is 5.75 Å². The molecule has 3 rings (SSSR count). The highest BCUT2D eigenvalue weighted by atomic mass is 32.2. The number of fused-ring (bicyclic) bond motifs is 1. The van der Waals surface area contributed by atoms with E-state index in [0.29, 0.717) is 22.7 Å². The normalized spacial score (nSPS) is 21.5. The number of aromatic nitrogens is 4. The predicted molar refractivity (Wildman–Crippen MR) is 90.5 cm³/mol. The Bertz CT molecular complexity index is 706. The number of thioether (sulfide) groups is 1. The number of aryl methyl sites for hydroxylation is 2. The Hall–Kier alpha value is -1.63. The maximum atomic E-state index is 12.1. The van der Waals surface area contributed by atoms with E-state index in [1.165, 1.54) is 24.6 Å². The van der Waals surface area contributed by atoms with Crippen molar-refractivity contribution < 1.29 is 4.79 Å². The van der Waals surface area contributed by atoms with Gasteiger partial charge in [-0.1, -0.05) is 18.7 Å². The van der Waals surface area contributed by atoms with E-state index in [0.717, 1.165) is 30.1 Å². The van der Waals surface area contributed by atoms with Crippen LogP contribution in [0.15, 0.2) is 11.2 Å². The van der Waals surface area contributed by atoms with Crippen LogP contribution in [0.5, 0.6) is 0 Å².